The largest absolute Gasteiger partial charge is 0.508 e. The van der Waals surface area contributed by atoms with Crippen molar-refractivity contribution < 1.29 is 14.6 Å². The van der Waals surface area contributed by atoms with Crippen LogP contribution in [0.15, 0.2) is 66.3 Å². The van der Waals surface area contributed by atoms with E-state index in [2.05, 4.69) is 5.32 Å². The fourth-order valence-corrected chi connectivity index (χ4v) is 1.88. The summed E-state index contributed by atoms with van der Waals surface area (Å²) in [6.45, 7) is 0. The number of nitriles is 1. The number of methoxy groups -OCH3 is 1. The Morgan fingerprint density at radius 2 is 1.83 bits per heavy atom. The van der Waals surface area contributed by atoms with Crippen LogP contribution in [0.5, 0.6) is 11.5 Å². The molecule has 0 bridgehead atoms. The molecule has 0 aliphatic carbocycles. The number of allylic oxidation sites excluding steroid dienone is 2. The smallest absolute Gasteiger partial charge is 0.266 e. The Morgan fingerprint density at radius 1 is 1.17 bits per heavy atom. The minimum absolute atomic E-state index is 0.0205. The van der Waals surface area contributed by atoms with Crippen molar-refractivity contribution in [3.8, 4) is 17.6 Å². The zero-order chi connectivity index (χ0) is 17.4. The number of phenols is 1. The average molecular weight is 320 g/mol. The second kappa shape index (κ2) is 8.20. The zero-order valence-corrected chi connectivity index (χ0v) is 13.1. The van der Waals surface area contributed by atoms with Crippen molar-refractivity contribution in [3.63, 3.8) is 0 Å². The van der Waals surface area contributed by atoms with Crippen LogP contribution in [0.1, 0.15) is 5.56 Å². The van der Waals surface area contributed by atoms with Crippen LogP contribution in [-0.4, -0.2) is 18.1 Å². The Labute approximate surface area is 140 Å². The van der Waals surface area contributed by atoms with Gasteiger partial charge in [-0.25, -0.2) is 0 Å². The molecule has 0 spiro atoms. The van der Waals surface area contributed by atoms with E-state index in [1.54, 1.807) is 31.4 Å². The van der Waals surface area contributed by atoms with Crippen LogP contribution in [-0.2, 0) is 4.79 Å². The molecule has 5 nitrogen and oxygen atoms in total. The molecule has 0 atom stereocenters. The van der Waals surface area contributed by atoms with E-state index >= 15 is 0 Å². The molecule has 0 unspecified atom stereocenters. The number of hydrogen-bond acceptors (Lipinski definition) is 4. The van der Waals surface area contributed by atoms with E-state index < -0.39 is 5.91 Å². The number of ether oxygens (including phenoxy) is 1. The van der Waals surface area contributed by atoms with E-state index in [1.807, 2.05) is 30.3 Å². The number of phenolic OH excluding ortho intramolecular Hbond substituents is 1. The maximum absolute atomic E-state index is 12.0. The standard InChI is InChI=1S/C19H16N2O3/c1-24-18-11-5-14(6-12-18)3-2-4-15(13-20)19(23)21-16-7-9-17(22)10-8-16/h2-12,22H,1H3,(H,21,23)/b3-2+,15-4-. The third-order valence-electron chi connectivity index (χ3n) is 3.16. The van der Waals surface area contributed by atoms with Gasteiger partial charge in [0.25, 0.3) is 5.91 Å². The Balaban J connectivity index is 2.04. The van der Waals surface area contributed by atoms with Gasteiger partial charge in [-0.1, -0.05) is 24.3 Å². The van der Waals surface area contributed by atoms with Crippen LogP contribution in [0, 0.1) is 11.3 Å². The van der Waals surface area contributed by atoms with Crippen molar-refractivity contribution in [3.05, 3.63) is 71.8 Å². The van der Waals surface area contributed by atoms with E-state index in [1.165, 1.54) is 18.2 Å². The average Bonchev–Trinajstić information content (AvgIpc) is 2.61. The number of benzene rings is 2. The van der Waals surface area contributed by atoms with Crippen LogP contribution in [0.3, 0.4) is 0 Å². The number of amides is 1. The molecule has 0 aliphatic heterocycles. The molecule has 0 fully saturated rings. The molecule has 0 aromatic heterocycles. The molecule has 24 heavy (non-hydrogen) atoms. The van der Waals surface area contributed by atoms with Gasteiger partial charge >= 0.3 is 0 Å². The lowest BCUT2D eigenvalue weighted by Gasteiger charge is -2.03. The molecule has 2 rings (SSSR count). The van der Waals surface area contributed by atoms with Crippen LogP contribution >= 0.6 is 0 Å². The maximum atomic E-state index is 12.0. The van der Waals surface area contributed by atoms with Gasteiger partial charge in [-0.2, -0.15) is 5.26 Å². The molecule has 2 aromatic rings. The zero-order valence-electron chi connectivity index (χ0n) is 13.1. The molecule has 0 saturated heterocycles. The molecule has 0 radical (unpaired) electrons. The highest BCUT2D eigenvalue weighted by molar-refractivity contribution is 6.06. The third-order valence-corrected chi connectivity index (χ3v) is 3.16. The van der Waals surface area contributed by atoms with Crippen LogP contribution in [0.4, 0.5) is 5.69 Å². The van der Waals surface area contributed by atoms with Gasteiger partial charge in [0.2, 0.25) is 0 Å². The molecule has 1 amide bonds. The summed E-state index contributed by atoms with van der Waals surface area (Å²) in [5.74, 6) is 0.350. The molecule has 0 aliphatic rings. The molecule has 120 valence electrons. The van der Waals surface area contributed by atoms with Gasteiger partial charge in [0.1, 0.15) is 23.1 Å². The second-order valence-electron chi connectivity index (χ2n) is 4.83. The first kappa shape index (κ1) is 16.8. The summed E-state index contributed by atoms with van der Waals surface area (Å²) in [5.41, 5.74) is 1.40. The van der Waals surface area contributed by atoms with E-state index in [4.69, 9.17) is 10.00 Å². The van der Waals surface area contributed by atoms with Gasteiger partial charge in [-0.05, 0) is 48.0 Å². The summed E-state index contributed by atoms with van der Waals surface area (Å²) in [4.78, 5) is 12.0. The van der Waals surface area contributed by atoms with E-state index in [0.717, 1.165) is 11.3 Å². The monoisotopic (exact) mass is 320 g/mol. The minimum Gasteiger partial charge on any atom is -0.508 e. The molecule has 0 heterocycles. The first-order chi connectivity index (χ1) is 11.6. The maximum Gasteiger partial charge on any atom is 0.266 e. The van der Waals surface area contributed by atoms with Gasteiger partial charge in [0, 0.05) is 5.69 Å². The highest BCUT2D eigenvalue weighted by atomic mass is 16.5. The lowest BCUT2D eigenvalue weighted by Crippen LogP contribution is -2.13. The van der Waals surface area contributed by atoms with Gasteiger partial charge in [-0.15, -0.1) is 0 Å². The second-order valence-corrected chi connectivity index (χ2v) is 4.83. The predicted molar refractivity (Wildman–Crippen MR) is 92.5 cm³/mol. The van der Waals surface area contributed by atoms with Crippen molar-refractivity contribution in [2.45, 2.75) is 0 Å². The van der Waals surface area contributed by atoms with Crippen molar-refractivity contribution in [2.75, 3.05) is 12.4 Å². The molecular formula is C19H16N2O3. The summed E-state index contributed by atoms with van der Waals surface area (Å²) >= 11 is 0. The first-order valence-electron chi connectivity index (χ1n) is 7.15. The Hall–Kier alpha value is -3.52. The number of rotatable bonds is 5. The van der Waals surface area contributed by atoms with Crippen LogP contribution in [0.25, 0.3) is 6.08 Å². The third kappa shape index (κ3) is 4.75. The van der Waals surface area contributed by atoms with Crippen molar-refractivity contribution in [1.29, 1.82) is 5.26 Å². The summed E-state index contributed by atoms with van der Waals surface area (Å²) in [6.07, 6.45) is 4.86. The quantitative estimate of drug-likeness (QED) is 0.382. The van der Waals surface area contributed by atoms with Crippen LogP contribution < -0.4 is 10.1 Å². The van der Waals surface area contributed by atoms with Gasteiger partial charge in [0.15, 0.2) is 0 Å². The number of aromatic hydroxyl groups is 1. The lowest BCUT2D eigenvalue weighted by molar-refractivity contribution is -0.112. The highest BCUT2D eigenvalue weighted by Gasteiger charge is 2.08. The number of nitrogens with one attached hydrogen (secondary N) is 1. The summed E-state index contributed by atoms with van der Waals surface area (Å²) in [5, 5.41) is 20.9. The number of anilines is 1. The number of carbonyl (C=O) groups excluding carboxylic acids is 1. The number of hydrogen-bond donors (Lipinski definition) is 2. The SMILES string of the molecule is COc1ccc(/C=C/C=C(/C#N)C(=O)Nc2ccc(O)cc2)cc1. The Bertz CT molecular complexity index is 798. The first-order valence-corrected chi connectivity index (χ1v) is 7.15. The normalized spacial score (nSPS) is 11.1. The van der Waals surface area contributed by atoms with E-state index in [-0.39, 0.29) is 11.3 Å². The Kier molecular flexibility index (Phi) is 5.76. The topological polar surface area (TPSA) is 82.3 Å². The summed E-state index contributed by atoms with van der Waals surface area (Å²) in [6, 6.07) is 15.3. The van der Waals surface area contributed by atoms with E-state index in [9.17, 15) is 9.90 Å². The predicted octanol–water partition coefficient (Wildman–Crippen LogP) is 3.50. The van der Waals surface area contributed by atoms with Gasteiger partial charge in [-0.3, -0.25) is 4.79 Å². The number of carbonyl (C=O) groups is 1. The fraction of sp³-hybridized carbons (Fsp3) is 0.0526. The van der Waals surface area contributed by atoms with Crippen molar-refractivity contribution >= 4 is 17.7 Å². The molecule has 0 saturated carbocycles. The summed E-state index contributed by atoms with van der Waals surface area (Å²) < 4.78 is 5.08. The summed E-state index contributed by atoms with van der Waals surface area (Å²) in [7, 11) is 1.60. The highest BCUT2D eigenvalue weighted by Crippen LogP contribution is 2.15. The molecule has 5 heteroatoms. The van der Waals surface area contributed by atoms with Crippen LogP contribution in [0.2, 0.25) is 0 Å². The fourth-order valence-electron chi connectivity index (χ4n) is 1.88. The van der Waals surface area contributed by atoms with E-state index in [0.29, 0.717) is 5.69 Å². The van der Waals surface area contributed by atoms with Crippen molar-refractivity contribution in [2.24, 2.45) is 0 Å². The number of nitrogens with zero attached hydrogens (tertiary/aromatic N) is 1. The molecular weight excluding hydrogens is 304 g/mol. The molecule has 2 aromatic carbocycles. The van der Waals surface area contributed by atoms with Crippen molar-refractivity contribution in [1.82, 2.24) is 0 Å². The van der Waals surface area contributed by atoms with Gasteiger partial charge < -0.3 is 15.2 Å². The minimum atomic E-state index is -0.512. The molecule has 2 N–H and O–H groups in total. The Morgan fingerprint density at radius 3 is 2.42 bits per heavy atom. The lowest BCUT2D eigenvalue weighted by atomic mass is 10.2. The van der Waals surface area contributed by atoms with Gasteiger partial charge in [0.05, 0.1) is 7.11 Å².